The molecule has 0 saturated carbocycles. The molecule has 0 aromatic rings. The molecule has 0 rings (SSSR count). The second-order valence-corrected chi connectivity index (χ2v) is 11.4. The summed E-state index contributed by atoms with van der Waals surface area (Å²) in [7, 11) is 3.55. The average Bonchev–Trinajstić information content (AvgIpc) is 2.65. The quantitative estimate of drug-likeness (QED) is 0.208. The zero-order chi connectivity index (χ0) is 19.4. The smallest absolute Gasteiger partial charge is 0.423 e. The molecule has 0 fully saturated rings. The Morgan fingerprint density at radius 2 is 1.28 bits per heavy atom. The Morgan fingerprint density at radius 1 is 0.800 bits per heavy atom. The molecule has 0 radical (unpaired) electrons. The molecule has 0 aliphatic heterocycles. The van der Waals surface area contributed by atoms with Crippen LogP contribution in [0, 0.1) is 0 Å². The van der Waals surface area contributed by atoms with Crippen molar-refractivity contribution in [3.8, 4) is 0 Å². The van der Waals surface area contributed by atoms with Crippen LogP contribution < -0.4 is 22.1 Å². The molecule has 10 heteroatoms. The van der Waals surface area contributed by atoms with E-state index in [1.165, 1.54) is 12.5 Å². The van der Waals surface area contributed by atoms with Crippen LogP contribution in [0.1, 0.15) is 12.8 Å². The molecule has 0 bridgehead atoms. The van der Waals surface area contributed by atoms with Gasteiger partial charge >= 0.3 is 8.80 Å². The fourth-order valence-electron chi connectivity index (χ4n) is 2.07. The van der Waals surface area contributed by atoms with Gasteiger partial charge < -0.3 is 39.8 Å². The van der Waals surface area contributed by atoms with E-state index in [0.717, 1.165) is 45.2 Å². The van der Waals surface area contributed by atoms with E-state index in [0.29, 0.717) is 6.54 Å². The minimum atomic E-state index is -2.35. The van der Waals surface area contributed by atoms with Gasteiger partial charge in [-0.15, -0.1) is 0 Å². The minimum Gasteiger partial charge on any atom is -0.423 e. The maximum atomic E-state index is 5.35. The molecule has 0 aliphatic carbocycles. The van der Waals surface area contributed by atoms with E-state index in [1.807, 2.05) is 7.11 Å². The third-order valence-electron chi connectivity index (χ3n) is 3.78. The van der Waals surface area contributed by atoms with Gasteiger partial charge in [0.05, 0.1) is 0 Å². The first-order chi connectivity index (χ1) is 12.1. The maximum Gasteiger partial charge on any atom is 0.500 e. The molecule has 0 heterocycles. The molecule has 0 aromatic heterocycles. The van der Waals surface area contributed by atoms with Crippen LogP contribution in [0.2, 0.25) is 18.6 Å². The highest BCUT2D eigenvalue weighted by Gasteiger charge is 2.36. The van der Waals surface area contributed by atoms with Gasteiger partial charge in [0.2, 0.25) is 0 Å². The Balaban J connectivity index is 0. The van der Waals surface area contributed by atoms with Crippen molar-refractivity contribution in [3.05, 3.63) is 0 Å². The number of nitrogens with one attached hydrogen (secondary N) is 2. The standard InChI is InChI=1S/C8H22N2O3Si.C7H20N2OSi/c1-11-14(12-2,13-3)8-4-6-10-7-5-9;1-10-11(2)7-3-5-9-6-4-8/h10H,4-9H2,1-3H3;9,11H,3-8H2,1-2H3. The van der Waals surface area contributed by atoms with Crippen molar-refractivity contribution >= 4 is 17.8 Å². The lowest BCUT2D eigenvalue weighted by Gasteiger charge is -2.24. The largest absolute Gasteiger partial charge is 0.500 e. The first-order valence-corrected chi connectivity index (χ1v) is 13.4. The van der Waals surface area contributed by atoms with E-state index in [-0.39, 0.29) is 0 Å². The van der Waals surface area contributed by atoms with E-state index < -0.39 is 17.8 Å². The van der Waals surface area contributed by atoms with E-state index in [2.05, 4.69) is 17.2 Å². The van der Waals surface area contributed by atoms with Crippen LogP contribution in [-0.2, 0) is 17.7 Å². The van der Waals surface area contributed by atoms with Gasteiger partial charge in [0, 0.05) is 60.7 Å². The summed E-state index contributed by atoms with van der Waals surface area (Å²) in [5.41, 5.74) is 10.7. The van der Waals surface area contributed by atoms with Crippen LogP contribution in [-0.4, -0.2) is 85.6 Å². The molecule has 0 saturated heterocycles. The monoisotopic (exact) mass is 398 g/mol. The van der Waals surface area contributed by atoms with Crippen molar-refractivity contribution in [1.29, 1.82) is 0 Å². The Hall–Kier alpha value is 0.114. The number of nitrogens with two attached hydrogens (primary N) is 2. The second kappa shape index (κ2) is 20.4. The van der Waals surface area contributed by atoms with Gasteiger partial charge in [0.25, 0.3) is 0 Å². The molecule has 0 aliphatic rings. The Bertz CT molecular complexity index is 257. The van der Waals surface area contributed by atoms with Crippen LogP contribution in [0.15, 0.2) is 0 Å². The third kappa shape index (κ3) is 17.3. The molecule has 25 heavy (non-hydrogen) atoms. The van der Waals surface area contributed by atoms with E-state index in [9.17, 15) is 0 Å². The lowest BCUT2D eigenvalue weighted by molar-refractivity contribution is 0.123. The molecule has 154 valence electrons. The highest BCUT2D eigenvalue weighted by atomic mass is 28.4. The van der Waals surface area contributed by atoms with Crippen molar-refractivity contribution in [1.82, 2.24) is 10.6 Å². The lowest BCUT2D eigenvalue weighted by Crippen LogP contribution is -2.43. The minimum absolute atomic E-state index is 0.668. The molecule has 0 amide bonds. The predicted molar refractivity (Wildman–Crippen MR) is 109 cm³/mol. The zero-order valence-corrected chi connectivity index (χ0v) is 19.1. The third-order valence-corrected chi connectivity index (χ3v) is 8.64. The molecule has 8 nitrogen and oxygen atoms in total. The molecule has 1 unspecified atom stereocenters. The van der Waals surface area contributed by atoms with Gasteiger partial charge in [-0.1, -0.05) is 0 Å². The van der Waals surface area contributed by atoms with Gasteiger partial charge in [-0.3, -0.25) is 0 Å². The summed E-state index contributed by atoms with van der Waals surface area (Å²) < 4.78 is 21.1. The average molecular weight is 399 g/mol. The van der Waals surface area contributed by atoms with Crippen molar-refractivity contribution in [2.75, 3.05) is 67.7 Å². The van der Waals surface area contributed by atoms with Crippen molar-refractivity contribution in [2.45, 2.75) is 31.5 Å². The summed E-state index contributed by atoms with van der Waals surface area (Å²) in [4.78, 5) is 0. The highest BCUT2D eigenvalue weighted by molar-refractivity contribution is 6.60. The summed E-state index contributed by atoms with van der Waals surface area (Å²) in [6, 6.07) is 2.09. The number of hydrogen-bond donors (Lipinski definition) is 4. The van der Waals surface area contributed by atoms with Gasteiger partial charge in [0.1, 0.15) is 0 Å². The number of hydrogen-bond acceptors (Lipinski definition) is 8. The fraction of sp³-hybridized carbons (Fsp3) is 1.00. The Kier molecular flexibility index (Phi) is 22.3. The normalized spacial score (nSPS) is 12.6. The fourth-order valence-corrected chi connectivity index (χ4v) is 4.81. The lowest BCUT2D eigenvalue weighted by atomic mass is 10.5. The maximum absolute atomic E-state index is 5.35. The summed E-state index contributed by atoms with van der Waals surface area (Å²) in [5.74, 6) is 0. The van der Waals surface area contributed by atoms with Crippen LogP contribution in [0.25, 0.3) is 0 Å². The molecule has 0 aromatic carbocycles. The van der Waals surface area contributed by atoms with Crippen LogP contribution in [0.3, 0.4) is 0 Å². The predicted octanol–water partition coefficient (Wildman–Crippen LogP) is -0.272. The first-order valence-electron chi connectivity index (χ1n) is 9.05. The van der Waals surface area contributed by atoms with E-state index >= 15 is 0 Å². The molecular formula is C15H42N4O4Si2. The van der Waals surface area contributed by atoms with Crippen LogP contribution >= 0.6 is 0 Å². The molecule has 6 N–H and O–H groups in total. The van der Waals surface area contributed by atoms with Crippen molar-refractivity contribution < 1.29 is 17.7 Å². The van der Waals surface area contributed by atoms with Gasteiger partial charge in [0.15, 0.2) is 9.04 Å². The second-order valence-electron chi connectivity index (χ2n) is 5.66. The first kappa shape index (κ1) is 27.3. The van der Waals surface area contributed by atoms with E-state index in [4.69, 9.17) is 29.2 Å². The molecule has 1 atom stereocenters. The summed E-state index contributed by atoms with van der Waals surface area (Å²) >= 11 is 0. The summed E-state index contributed by atoms with van der Waals surface area (Å²) in [6.45, 7) is 7.41. The van der Waals surface area contributed by atoms with Crippen LogP contribution in [0.5, 0.6) is 0 Å². The zero-order valence-electron chi connectivity index (χ0n) is 16.9. The van der Waals surface area contributed by atoms with Gasteiger partial charge in [-0.05, 0) is 38.5 Å². The Morgan fingerprint density at radius 3 is 1.68 bits per heavy atom. The van der Waals surface area contributed by atoms with Crippen molar-refractivity contribution in [3.63, 3.8) is 0 Å². The number of rotatable bonds is 16. The van der Waals surface area contributed by atoms with Gasteiger partial charge in [-0.25, -0.2) is 0 Å². The van der Waals surface area contributed by atoms with Crippen molar-refractivity contribution in [2.24, 2.45) is 11.5 Å². The topological polar surface area (TPSA) is 113 Å². The van der Waals surface area contributed by atoms with E-state index in [1.54, 1.807) is 21.3 Å². The highest BCUT2D eigenvalue weighted by Crippen LogP contribution is 2.14. The molecular weight excluding hydrogens is 356 g/mol. The van der Waals surface area contributed by atoms with Gasteiger partial charge in [-0.2, -0.15) is 0 Å². The Labute approximate surface area is 157 Å². The summed E-state index contributed by atoms with van der Waals surface area (Å²) in [6.07, 6.45) is 2.20. The van der Waals surface area contributed by atoms with Crippen LogP contribution in [0.4, 0.5) is 0 Å². The molecule has 0 spiro atoms. The SMILES string of the molecule is CO[SiH](C)CCCNCCN.CO[Si](CCCNCCN)(OC)OC. The summed E-state index contributed by atoms with van der Waals surface area (Å²) in [5, 5.41) is 6.47.